The van der Waals surface area contributed by atoms with E-state index in [0.717, 1.165) is 47.0 Å². The van der Waals surface area contributed by atoms with Crippen LogP contribution in [-0.4, -0.2) is 68.8 Å². The second-order valence-electron chi connectivity index (χ2n) is 13.3. The number of carbonyl (C=O) groups excluding carboxylic acids is 3. The van der Waals surface area contributed by atoms with E-state index in [2.05, 4.69) is 38.3 Å². The quantitative estimate of drug-likeness (QED) is 0.216. The maximum absolute atomic E-state index is 14.1. The zero-order valence-electron chi connectivity index (χ0n) is 27.7. The van der Waals surface area contributed by atoms with Gasteiger partial charge < -0.3 is 20.2 Å². The normalized spacial score (nSPS) is 18.1. The molecule has 48 heavy (non-hydrogen) atoms. The van der Waals surface area contributed by atoms with Gasteiger partial charge in [0, 0.05) is 36.6 Å². The van der Waals surface area contributed by atoms with Crippen LogP contribution in [0.2, 0.25) is 0 Å². The standard InChI is InChI=1S/C34H39BrN4O3.C4H6O2/c1-25(2)31(40)36-30(28-11-7-4-8-12-28)17-20-37-21-18-34(19-22-37)32(41)38(23-27-13-15-29(35)16-14-27)33(42)39(34)24-26-9-5-3-6-10-26;5-4(6)3-1-2-3/h3-16,25,30H,17-24H2,1-2H3,(H,36,40);3H,1-2H2,(H,5,6)/t30-;/m0./s1. The van der Waals surface area contributed by atoms with Gasteiger partial charge in [0.2, 0.25) is 5.91 Å². The van der Waals surface area contributed by atoms with Gasteiger partial charge in [-0.1, -0.05) is 103 Å². The van der Waals surface area contributed by atoms with Crippen LogP contribution in [0.15, 0.2) is 89.4 Å². The Morgan fingerprint density at radius 1 is 0.875 bits per heavy atom. The monoisotopic (exact) mass is 716 g/mol. The summed E-state index contributed by atoms with van der Waals surface area (Å²) in [5, 5.41) is 11.3. The number of likely N-dealkylation sites (tertiary alicyclic amines) is 1. The number of carbonyl (C=O) groups is 4. The summed E-state index contributed by atoms with van der Waals surface area (Å²) < 4.78 is 0.957. The van der Waals surface area contributed by atoms with E-state index in [9.17, 15) is 19.2 Å². The third kappa shape index (κ3) is 8.71. The molecule has 3 aliphatic rings. The Labute approximate surface area is 291 Å². The lowest BCUT2D eigenvalue weighted by atomic mass is 9.85. The van der Waals surface area contributed by atoms with E-state index in [-0.39, 0.29) is 42.3 Å². The van der Waals surface area contributed by atoms with E-state index < -0.39 is 11.5 Å². The van der Waals surface area contributed by atoms with Crippen LogP contribution in [0.1, 0.15) is 68.7 Å². The van der Waals surface area contributed by atoms with Gasteiger partial charge in [0.05, 0.1) is 18.5 Å². The molecule has 6 rings (SSSR count). The van der Waals surface area contributed by atoms with Gasteiger partial charge in [-0.2, -0.15) is 0 Å². The molecule has 0 bridgehead atoms. The third-order valence-electron chi connectivity index (χ3n) is 9.45. The molecule has 10 heteroatoms. The topological polar surface area (TPSA) is 110 Å². The van der Waals surface area contributed by atoms with Crippen molar-refractivity contribution in [3.05, 3.63) is 106 Å². The molecule has 1 spiro atoms. The van der Waals surface area contributed by atoms with E-state index in [1.807, 2.05) is 91.5 Å². The minimum atomic E-state index is -0.858. The maximum Gasteiger partial charge on any atom is 0.328 e. The molecule has 1 aliphatic carbocycles. The summed E-state index contributed by atoms with van der Waals surface area (Å²) in [5.74, 6) is -0.760. The van der Waals surface area contributed by atoms with Gasteiger partial charge in [0.15, 0.2) is 0 Å². The van der Waals surface area contributed by atoms with Crippen molar-refractivity contribution >= 4 is 39.7 Å². The van der Waals surface area contributed by atoms with Gasteiger partial charge in [-0.3, -0.25) is 19.3 Å². The predicted octanol–water partition coefficient (Wildman–Crippen LogP) is 6.63. The number of halogens is 1. The minimum Gasteiger partial charge on any atom is -0.481 e. The van der Waals surface area contributed by atoms with Crippen molar-refractivity contribution in [2.45, 2.75) is 70.6 Å². The minimum absolute atomic E-state index is 0.0185. The van der Waals surface area contributed by atoms with Gasteiger partial charge in [-0.25, -0.2) is 4.79 Å². The summed E-state index contributed by atoms with van der Waals surface area (Å²) in [6.07, 6.45) is 3.72. The number of urea groups is 1. The fourth-order valence-corrected chi connectivity index (χ4v) is 6.56. The number of nitrogens with one attached hydrogen (secondary N) is 1. The second-order valence-corrected chi connectivity index (χ2v) is 14.2. The summed E-state index contributed by atoms with van der Waals surface area (Å²) in [4.78, 5) is 55.9. The van der Waals surface area contributed by atoms with Crippen LogP contribution in [-0.2, 0) is 27.5 Å². The molecule has 9 nitrogen and oxygen atoms in total. The van der Waals surface area contributed by atoms with Crippen LogP contribution in [0.5, 0.6) is 0 Å². The van der Waals surface area contributed by atoms with E-state index in [1.54, 1.807) is 0 Å². The Bertz CT molecular complexity index is 1550. The fraction of sp³-hybridized carbons (Fsp3) is 0.421. The molecule has 3 fully saturated rings. The Morgan fingerprint density at radius 3 is 2.00 bits per heavy atom. The molecule has 3 aromatic rings. The molecule has 254 valence electrons. The molecule has 4 amide bonds. The van der Waals surface area contributed by atoms with Gasteiger partial charge in [0.1, 0.15) is 5.54 Å². The molecular formula is C38H45BrN4O5. The SMILES string of the molecule is CC(C)C(=O)N[C@@H](CCN1CCC2(CC1)C(=O)N(Cc1ccc(Br)cc1)C(=O)N2Cc1ccccc1)c1ccccc1.O=C(O)C1CC1. The lowest BCUT2D eigenvalue weighted by molar-refractivity contribution is -0.138. The Kier molecular flexibility index (Phi) is 11.7. The predicted molar refractivity (Wildman–Crippen MR) is 188 cm³/mol. The molecule has 1 atom stereocenters. The average molecular weight is 718 g/mol. The first kappa shape index (κ1) is 35.3. The van der Waals surface area contributed by atoms with Gasteiger partial charge in [-0.15, -0.1) is 0 Å². The molecular weight excluding hydrogens is 672 g/mol. The summed E-state index contributed by atoms with van der Waals surface area (Å²) >= 11 is 3.46. The highest BCUT2D eigenvalue weighted by atomic mass is 79.9. The number of amides is 4. The first-order valence-electron chi connectivity index (χ1n) is 16.8. The number of rotatable bonds is 11. The molecule has 0 radical (unpaired) electrons. The Balaban J connectivity index is 0.000000677. The van der Waals surface area contributed by atoms with Crippen molar-refractivity contribution < 1.29 is 24.3 Å². The van der Waals surface area contributed by atoms with Crippen LogP contribution >= 0.6 is 15.9 Å². The van der Waals surface area contributed by atoms with Crippen molar-refractivity contribution in [1.29, 1.82) is 0 Å². The first-order chi connectivity index (χ1) is 23.1. The number of hydrogen-bond acceptors (Lipinski definition) is 5. The van der Waals surface area contributed by atoms with E-state index in [4.69, 9.17) is 5.11 Å². The van der Waals surface area contributed by atoms with Crippen LogP contribution in [0.4, 0.5) is 4.79 Å². The number of hydrogen-bond donors (Lipinski definition) is 2. The molecule has 3 aromatic carbocycles. The number of imide groups is 1. The molecule has 2 saturated heterocycles. The van der Waals surface area contributed by atoms with Gasteiger partial charge in [-0.05, 0) is 60.9 Å². The summed E-state index contributed by atoms with van der Waals surface area (Å²) in [7, 11) is 0. The van der Waals surface area contributed by atoms with Crippen molar-refractivity contribution in [3.63, 3.8) is 0 Å². The van der Waals surface area contributed by atoms with Crippen LogP contribution < -0.4 is 5.32 Å². The highest BCUT2D eigenvalue weighted by Crippen LogP contribution is 2.39. The molecule has 2 aliphatic heterocycles. The van der Waals surface area contributed by atoms with E-state index in [1.165, 1.54) is 4.90 Å². The molecule has 2 N–H and O–H groups in total. The van der Waals surface area contributed by atoms with Crippen molar-refractivity contribution in [1.82, 2.24) is 20.0 Å². The summed E-state index contributed by atoms with van der Waals surface area (Å²) in [5.41, 5.74) is 2.17. The van der Waals surface area contributed by atoms with Crippen molar-refractivity contribution in [2.75, 3.05) is 19.6 Å². The largest absolute Gasteiger partial charge is 0.481 e. The zero-order chi connectivity index (χ0) is 34.3. The van der Waals surface area contributed by atoms with E-state index >= 15 is 0 Å². The number of nitrogens with zero attached hydrogens (tertiary/aromatic N) is 3. The second kappa shape index (κ2) is 15.9. The zero-order valence-corrected chi connectivity index (χ0v) is 29.3. The fourth-order valence-electron chi connectivity index (χ4n) is 6.30. The highest BCUT2D eigenvalue weighted by molar-refractivity contribution is 9.10. The lowest BCUT2D eigenvalue weighted by Gasteiger charge is -2.42. The van der Waals surface area contributed by atoms with Crippen molar-refractivity contribution in [3.8, 4) is 0 Å². The van der Waals surface area contributed by atoms with Crippen LogP contribution in [0.3, 0.4) is 0 Å². The first-order valence-corrected chi connectivity index (χ1v) is 17.6. The Hall–Kier alpha value is -4.02. The number of benzene rings is 3. The molecule has 2 heterocycles. The number of carboxylic acid groups (broad SMARTS) is 1. The van der Waals surface area contributed by atoms with Gasteiger partial charge in [0.25, 0.3) is 5.91 Å². The summed E-state index contributed by atoms with van der Waals surface area (Å²) in [6.45, 7) is 6.67. The summed E-state index contributed by atoms with van der Waals surface area (Å²) in [6, 6.07) is 27.5. The lowest BCUT2D eigenvalue weighted by Crippen LogP contribution is -2.56. The van der Waals surface area contributed by atoms with Crippen LogP contribution in [0.25, 0.3) is 0 Å². The molecule has 0 aromatic heterocycles. The average Bonchev–Trinajstić information content (AvgIpc) is 3.94. The number of aliphatic carboxylic acids is 1. The maximum atomic E-state index is 14.1. The smallest absolute Gasteiger partial charge is 0.328 e. The third-order valence-corrected chi connectivity index (χ3v) is 9.97. The van der Waals surface area contributed by atoms with Gasteiger partial charge >= 0.3 is 12.0 Å². The Morgan fingerprint density at radius 2 is 1.46 bits per heavy atom. The number of carboxylic acids is 1. The molecule has 1 saturated carbocycles. The van der Waals surface area contributed by atoms with Crippen LogP contribution in [0, 0.1) is 11.8 Å². The number of piperidine rings is 1. The van der Waals surface area contributed by atoms with Crippen molar-refractivity contribution in [2.24, 2.45) is 11.8 Å². The molecule has 0 unspecified atom stereocenters. The van der Waals surface area contributed by atoms with E-state index in [0.29, 0.717) is 32.5 Å². The highest BCUT2D eigenvalue weighted by Gasteiger charge is 2.57.